The van der Waals surface area contributed by atoms with E-state index in [1.807, 2.05) is 38.4 Å². The van der Waals surface area contributed by atoms with E-state index in [9.17, 15) is 19.2 Å². The van der Waals surface area contributed by atoms with Crippen LogP contribution < -0.4 is 5.32 Å². The van der Waals surface area contributed by atoms with E-state index < -0.39 is 29.7 Å². The highest BCUT2D eigenvalue weighted by atomic mass is 16.5. The van der Waals surface area contributed by atoms with Gasteiger partial charge in [0.1, 0.15) is 11.7 Å². The van der Waals surface area contributed by atoms with E-state index in [-0.39, 0.29) is 25.1 Å². The summed E-state index contributed by atoms with van der Waals surface area (Å²) in [6.45, 7) is 1.49. The predicted octanol–water partition coefficient (Wildman–Crippen LogP) is 0.822. The van der Waals surface area contributed by atoms with Crippen molar-refractivity contribution >= 4 is 23.6 Å². The molecule has 11 nitrogen and oxygen atoms in total. The highest BCUT2D eigenvalue weighted by molar-refractivity contribution is 6.21. The third kappa shape index (κ3) is 4.34. The summed E-state index contributed by atoms with van der Waals surface area (Å²) in [6.07, 6.45) is 1.34. The maximum absolute atomic E-state index is 13.3. The zero-order valence-corrected chi connectivity index (χ0v) is 19.6. The van der Waals surface area contributed by atoms with Crippen molar-refractivity contribution in [2.24, 2.45) is 0 Å². The number of rotatable bonds is 6. The summed E-state index contributed by atoms with van der Waals surface area (Å²) in [5, 5.41) is 6.33. The van der Waals surface area contributed by atoms with Gasteiger partial charge in [-0.2, -0.15) is 4.98 Å². The molecule has 4 heterocycles. The van der Waals surface area contributed by atoms with Gasteiger partial charge in [-0.05, 0) is 45.0 Å². The number of carbonyl (C=O) groups excluding carboxylic acids is 4. The Hall–Kier alpha value is -3.86. The summed E-state index contributed by atoms with van der Waals surface area (Å²) in [7, 11) is 3.99. The Balaban J connectivity index is 1.34. The van der Waals surface area contributed by atoms with E-state index >= 15 is 0 Å². The Kier molecular flexibility index (Phi) is 5.93. The molecule has 0 saturated carbocycles. The fourth-order valence-corrected chi connectivity index (χ4v) is 4.84. The fourth-order valence-electron chi connectivity index (χ4n) is 4.84. The standard InChI is InChI=1S/C24H26N6O5/c1-28(2)12-14-5-3-6-15(11-14)21-26-19(35-27-21)13-29-10-4-7-16-20(29)24(34)30(23(16)33)17-8-9-18(31)25-22(17)32/h3,5-6,11,17H,4,7-10,12-13H2,1-2H3,(H,25,31,32). The average Bonchev–Trinajstić information content (AvgIpc) is 3.37. The molecule has 1 fully saturated rings. The van der Waals surface area contributed by atoms with Crippen molar-refractivity contribution < 1.29 is 23.7 Å². The molecule has 5 rings (SSSR count). The molecule has 2 aromatic rings. The first kappa shape index (κ1) is 22.9. The fraction of sp³-hybridized carbons (Fsp3) is 0.417. The molecule has 3 aliphatic heterocycles. The van der Waals surface area contributed by atoms with Crippen LogP contribution in [0.4, 0.5) is 0 Å². The van der Waals surface area contributed by atoms with Gasteiger partial charge in [-0.3, -0.25) is 29.4 Å². The van der Waals surface area contributed by atoms with Crippen LogP contribution >= 0.6 is 0 Å². The summed E-state index contributed by atoms with van der Waals surface area (Å²) in [4.78, 5) is 59.6. The maximum Gasteiger partial charge on any atom is 0.278 e. The second-order valence-electron chi connectivity index (χ2n) is 9.25. The number of nitrogens with one attached hydrogen (secondary N) is 1. The molecule has 35 heavy (non-hydrogen) atoms. The first-order valence-electron chi connectivity index (χ1n) is 11.6. The van der Waals surface area contributed by atoms with E-state index in [0.717, 1.165) is 22.6 Å². The topological polar surface area (TPSA) is 129 Å². The van der Waals surface area contributed by atoms with Crippen molar-refractivity contribution in [3.63, 3.8) is 0 Å². The molecule has 182 valence electrons. The van der Waals surface area contributed by atoms with Gasteiger partial charge >= 0.3 is 0 Å². The molecule has 1 aromatic carbocycles. The number of hydrogen-bond acceptors (Lipinski definition) is 9. The molecule has 11 heteroatoms. The van der Waals surface area contributed by atoms with Crippen molar-refractivity contribution in [2.75, 3.05) is 20.6 Å². The highest BCUT2D eigenvalue weighted by Gasteiger charge is 2.48. The molecule has 0 aliphatic carbocycles. The van der Waals surface area contributed by atoms with Gasteiger partial charge in [0.05, 0.1) is 6.54 Å². The molecule has 0 radical (unpaired) electrons. The number of piperidine rings is 1. The van der Waals surface area contributed by atoms with Crippen LogP contribution in [-0.2, 0) is 32.3 Å². The van der Waals surface area contributed by atoms with Crippen LogP contribution in [0.25, 0.3) is 11.4 Å². The summed E-state index contributed by atoms with van der Waals surface area (Å²) >= 11 is 0. The lowest BCUT2D eigenvalue weighted by molar-refractivity contribution is -0.150. The normalized spacial score (nSPS) is 20.7. The molecular formula is C24H26N6O5. The largest absolute Gasteiger partial charge is 0.357 e. The molecule has 4 amide bonds. The molecule has 1 atom stereocenters. The van der Waals surface area contributed by atoms with E-state index in [4.69, 9.17) is 4.52 Å². The number of benzene rings is 1. The zero-order chi connectivity index (χ0) is 24.7. The first-order chi connectivity index (χ1) is 16.8. The number of imide groups is 2. The molecule has 1 saturated heterocycles. The van der Waals surface area contributed by atoms with Crippen molar-refractivity contribution in [1.29, 1.82) is 0 Å². The third-order valence-electron chi connectivity index (χ3n) is 6.36. The molecule has 3 aliphatic rings. The van der Waals surface area contributed by atoms with Crippen LogP contribution in [0.3, 0.4) is 0 Å². The molecule has 0 bridgehead atoms. The second kappa shape index (κ2) is 9.06. The van der Waals surface area contributed by atoms with Crippen LogP contribution in [0, 0.1) is 0 Å². The number of hydrogen-bond donors (Lipinski definition) is 1. The molecule has 0 spiro atoms. The first-order valence-corrected chi connectivity index (χ1v) is 11.6. The van der Waals surface area contributed by atoms with Gasteiger partial charge in [-0.1, -0.05) is 23.4 Å². The zero-order valence-electron chi connectivity index (χ0n) is 19.6. The molecule has 1 N–H and O–H groups in total. The summed E-state index contributed by atoms with van der Waals surface area (Å²) in [5.41, 5.74) is 2.61. The van der Waals surface area contributed by atoms with Crippen molar-refractivity contribution in [2.45, 2.75) is 44.8 Å². The van der Waals surface area contributed by atoms with Gasteiger partial charge < -0.3 is 14.3 Å². The van der Waals surface area contributed by atoms with Gasteiger partial charge in [0.25, 0.3) is 11.8 Å². The number of carbonyl (C=O) groups is 4. The van der Waals surface area contributed by atoms with Gasteiger partial charge in [0.2, 0.25) is 23.5 Å². The van der Waals surface area contributed by atoms with Crippen LogP contribution in [0.1, 0.15) is 37.1 Å². The lowest BCUT2D eigenvalue weighted by Crippen LogP contribution is -2.55. The predicted molar refractivity (Wildman–Crippen MR) is 122 cm³/mol. The Morgan fingerprint density at radius 1 is 1.14 bits per heavy atom. The number of aromatic nitrogens is 2. The van der Waals surface area contributed by atoms with Crippen LogP contribution in [-0.4, -0.2) is 75.2 Å². The van der Waals surface area contributed by atoms with Crippen LogP contribution in [0.15, 0.2) is 40.1 Å². The lowest BCUT2D eigenvalue weighted by Gasteiger charge is -2.29. The van der Waals surface area contributed by atoms with Gasteiger partial charge in [-0.15, -0.1) is 0 Å². The van der Waals surface area contributed by atoms with Crippen molar-refractivity contribution in [1.82, 2.24) is 30.2 Å². The Morgan fingerprint density at radius 2 is 1.97 bits per heavy atom. The Bertz CT molecular complexity index is 1250. The van der Waals surface area contributed by atoms with Crippen LogP contribution in [0.2, 0.25) is 0 Å². The maximum atomic E-state index is 13.3. The lowest BCUT2D eigenvalue weighted by atomic mass is 10.0. The molecule has 1 unspecified atom stereocenters. The summed E-state index contributed by atoms with van der Waals surface area (Å²) < 4.78 is 5.48. The summed E-state index contributed by atoms with van der Waals surface area (Å²) in [5.74, 6) is -1.22. The van der Waals surface area contributed by atoms with Crippen molar-refractivity contribution in [3.8, 4) is 11.4 Å². The van der Waals surface area contributed by atoms with Crippen molar-refractivity contribution in [3.05, 3.63) is 47.0 Å². The Labute approximate surface area is 201 Å². The minimum absolute atomic E-state index is 0.0857. The van der Waals surface area contributed by atoms with E-state index in [2.05, 4.69) is 20.4 Å². The van der Waals surface area contributed by atoms with E-state index in [1.165, 1.54) is 0 Å². The minimum Gasteiger partial charge on any atom is -0.357 e. The monoisotopic (exact) mass is 478 g/mol. The molecule has 1 aromatic heterocycles. The van der Waals surface area contributed by atoms with E-state index in [1.54, 1.807) is 4.90 Å². The highest BCUT2D eigenvalue weighted by Crippen LogP contribution is 2.34. The van der Waals surface area contributed by atoms with Crippen LogP contribution in [0.5, 0.6) is 0 Å². The third-order valence-corrected chi connectivity index (χ3v) is 6.36. The number of nitrogens with zero attached hydrogens (tertiary/aromatic N) is 5. The number of amides is 4. The average molecular weight is 479 g/mol. The Morgan fingerprint density at radius 3 is 2.74 bits per heavy atom. The SMILES string of the molecule is CN(C)Cc1cccc(-c2noc(CN3CCCC4=C3C(=O)N(C3CCC(=O)NC3=O)C4=O)n2)c1. The minimum atomic E-state index is -0.982. The molecular weight excluding hydrogens is 452 g/mol. The second-order valence-corrected chi connectivity index (χ2v) is 9.25. The summed E-state index contributed by atoms with van der Waals surface area (Å²) in [6, 6.07) is 6.91. The smallest absolute Gasteiger partial charge is 0.278 e. The van der Waals surface area contributed by atoms with Gasteiger partial charge in [0.15, 0.2) is 0 Å². The van der Waals surface area contributed by atoms with E-state index in [0.29, 0.717) is 36.7 Å². The van der Waals surface area contributed by atoms with Gasteiger partial charge in [0, 0.05) is 30.6 Å². The quantitative estimate of drug-likeness (QED) is 0.600. The van der Waals surface area contributed by atoms with Gasteiger partial charge in [-0.25, -0.2) is 0 Å².